The van der Waals surface area contributed by atoms with Crippen molar-refractivity contribution in [3.05, 3.63) is 81.6 Å². The lowest BCUT2D eigenvalue weighted by Crippen LogP contribution is -2.12. The van der Waals surface area contributed by atoms with Crippen LogP contribution in [0.3, 0.4) is 0 Å². The molecule has 0 aliphatic heterocycles. The van der Waals surface area contributed by atoms with Gasteiger partial charge in [-0.3, -0.25) is 9.59 Å². The summed E-state index contributed by atoms with van der Waals surface area (Å²) in [6.07, 6.45) is 0. The van der Waals surface area contributed by atoms with Crippen molar-refractivity contribution in [2.24, 2.45) is 0 Å². The Morgan fingerprint density at radius 2 is 1.87 bits per heavy atom. The predicted octanol–water partition coefficient (Wildman–Crippen LogP) is 3.34. The van der Waals surface area contributed by atoms with Gasteiger partial charge in [-0.25, -0.2) is 5.10 Å². The lowest BCUT2D eigenvalue weighted by atomic mass is 10.1. The van der Waals surface area contributed by atoms with Crippen LogP contribution in [0, 0.1) is 0 Å². The largest absolute Gasteiger partial charge is 0.322 e. The van der Waals surface area contributed by atoms with Gasteiger partial charge < -0.3 is 5.32 Å². The smallest absolute Gasteiger partial charge is 0.264 e. The molecule has 0 radical (unpaired) electrons. The number of hydrogen-bond donors (Lipinski definition) is 2. The number of carbonyl (C=O) groups excluding carboxylic acids is 1. The van der Waals surface area contributed by atoms with E-state index >= 15 is 0 Å². The maximum Gasteiger partial charge on any atom is 0.264 e. The van der Waals surface area contributed by atoms with Crippen LogP contribution >= 0.6 is 11.6 Å². The minimum absolute atomic E-state index is 0.267. The fourth-order valence-corrected chi connectivity index (χ4v) is 2.33. The minimum Gasteiger partial charge on any atom is -0.322 e. The topological polar surface area (TPSA) is 74.8 Å². The first kappa shape index (κ1) is 15.0. The van der Waals surface area contributed by atoms with Crippen LogP contribution in [0.1, 0.15) is 10.4 Å². The normalized spacial score (nSPS) is 10.3. The summed E-state index contributed by atoms with van der Waals surface area (Å²) in [5, 5.41) is 9.54. The molecule has 0 spiro atoms. The van der Waals surface area contributed by atoms with E-state index in [1.807, 2.05) is 6.07 Å². The van der Waals surface area contributed by atoms with Gasteiger partial charge >= 0.3 is 0 Å². The number of aromatic amines is 1. The average molecular weight is 326 g/mol. The molecule has 23 heavy (non-hydrogen) atoms. The summed E-state index contributed by atoms with van der Waals surface area (Å²) in [5.74, 6) is -0.290. The Labute approximate surface area is 136 Å². The first-order chi connectivity index (χ1) is 11.1. The number of nitrogens with one attached hydrogen (secondary N) is 2. The van der Waals surface area contributed by atoms with E-state index in [0.29, 0.717) is 22.0 Å². The molecule has 2 N–H and O–H groups in total. The van der Waals surface area contributed by atoms with Gasteiger partial charge in [-0.2, -0.15) is 5.10 Å². The van der Waals surface area contributed by atoms with Gasteiger partial charge in [0.2, 0.25) is 0 Å². The van der Waals surface area contributed by atoms with Crippen molar-refractivity contribution in [1.29, 1.82) is 0 Å². The zero-order chi connectivity index (χ0) is 16.2. The Hall–Kier alpha value is -2.92. The number of hydrogen-bond acceptors (Lipinski definition) is 3. The summed E-state index contributed by atoms with van der Waals surface area (Å²) in [7, 11) is 0. The lowest BCUT2D eigenvalue weighted by Gasteiger charge is -2.08. The van der Waals surface area contributed by atoms with E-state index in [1.165, 1.54) is 6.07 Å². The second kappa shape index (κ2) is 6.46. The van der Waals surface area contributed by atoms with Gasteiger partial charge in [-0.1, -0.05) is 35.9 Å². The number of aromatic nitrogens is 2. The molecule has 1 aromatic heterocycles. The molecule has 1 heterocycles. The van der Waals surface area contributed by atoms with Crippen LogP contribution in [0.2, 0.25) is 5.02 Å². The summed E-state index contributed by atoms with van der Waals surface area (Å²) < 4.78 is 0. The molecule has 0 aliphatic rings. The van der Waals surface area contributed by atoms with Crippen LogP contribution in [-0.4, -0.2) is 16.1 Å². The van der Waals surface area contributed by atoms with Crippen molar-refractivity contribution < 1.29 is 4.79 Å². The highest BCUT2D eigenvalue weighted by Gasteiger charge is 2.10. The van der Waals surface area contributed by atoms with Crippen molar-refractivity contribution in [3.8, 4) is 11.3 Å². The Balaban J connectivity index is 1.86. The molecule has 3 aromatic rings. The summed E-state index contributed by atoms with van der Waals surface area (Å²) in [6, 6.07) is 17.0. The highest BCUT2D eigenvalue weighted by Crippen LogP contribution is 2.21. The van der Waals surface area contributed by atoms with Gasteiger partial charge in [0.05, 0.1) is 16.3 Å². The molecule has 1 amide bonds. The van der Waals surface area contributed by atoms with Gasteiger partial charge in [0.1, 0.15) is 0 Å². The molecule has 0 fully saturated rings. The van der Waals surface area contributed by atoms with E-state index in [4.69, 9.17) is 11.6 Å². The van der Waals surface area contributed by atoms with E-state index in [0.717, 1.165) is 5.56 Å². The monoisotopic (exact) mass is 325 g/mol. The Bertz CT molecular complexity index is 901. The molecule has 0 bridgehead atoms. The van der Waals surface area contributed by atoms with Gasteiger partial charge in [-0.15, -0.1) is 0 Å². The first-order valence-corrected chi connectivity index (χ1v) is 7.23. The molecule has 0 aliphatic carbocycles. The Morgan fingerprint density at radius 3 is 2.61 bits per heavy atom. The molecule has 6 heteroatoms. The molecule has 3 rings (SSSR count). The number of amides is 1. The number of rotatable bonds is 3. The van der Waals surface area contributed by atoms with Crippen LogP contribution < -0.4 is 10.9 Å². The second-order valence-corrected chi connectivity index (χ2v) is 5.23. The van der Waals surface area contributed by atoms with E-state index in [9.17, 15) is 9.59 Å². The number of anilines is 1. The van der Waals surface area contributed by atoms with Crippen LogP contribution in [0.5, 0.6) is 0 Å². The van der Waals surface area contributed by atoms with Crippen LogP contribution in [0.25, 0.3) is 11.3 Å². The summed E-state index contributed by atoms with van der Waals surface area (Å²) in [6.45, 7) is 0. The van der Waals surface area contributed by atoms with Gasteiger partial charge in [0, 0.05) is 17.3 Å². The molecule has 5 nitrogen and oxygen atoms in total. The van der Waals surface area contributed by atoms with Crippen LogP contribution in [-0.2, 0) is 0 Å². The Morgan fingerprint density at radius 1 is 1.04 bits per heavy atom. The third kappa shape index (κ3) is 3.46. The third-order valence-corrected chi connectivity index (χ3v) is 3.54. The molecule has 0 saturated carbocycles. The fraction of sp³-hybridized carbons (Fsp3) is 0. The number of carbonyl (C=O) groups is 1. The summed E-state index contributed by atoms with van der Waals surface area (Å²) >= 11 is 6.02. The maximum absolute atomic E-state index is 12.3. The van der Waals surface area contributed by atoms with E-state index in [2.05, 4.69) is 15.5 Å². The zero-order valence-corrected chi connectivity index (χ0v) is 12.7. The minimum atomic E-state index is -0.290. The van der Waals surface area contributed by atoms with E-state index in [1.54, 1.807) is 48.5 Å². The van der Waals surface area contributed by atoms with Crippen molar-refractivity contribution >= 4 is 23.2 Å². The van der Waals surface area contributed by atoms with E-state index < -0.39 is 0 Å². The molecular formula is C17H12ClN3O2. The molecule has 0 unspecified atom stereocenters. The Kier molecular flexibility index (Phi) is 4.21. The highest BCUT2D eigenvalue weighted by atomic mass is 35.5. The number of H-pyrrole nitrogens is 1. The fourth-order valence-electron chi connectivity index (χ4n) is 2.11. The standard InChI is InChI=1S/C17H12ClN3O2/c18-14-7-2-1-6-13(14)17(23)19-12-5-3-4-11(10-12)15-8-9-16(22)21-20-15/h1-10H,(H,19,23)(H,21,22). The predicted molar refractivity (Wildman–Crippen MR) is 89.7 cm³/mol. The molecular weight excluding hydrogens is 314 g/mol. The zero-order valence-electron chi connectivity index (χ0n) is 11.9. The molecule has 0 saturated heterocycles. The highest BCUT2D eigenvalue weighted by molar-refractivity contribution is 6.34. The SMILES string of the molecule is O=C(Nc1cccc(-c2ccc(=O)[nH]n2)c1)c1ccccc1Cl. The second-order valence-electron chi connectivity index (χ2n) is 4.82. The number of benzene rings is 2. The van der Waals surface area contributed by atoms with Crippen LogP contribution in [0.4, 0.5) is 5.69 Å². The van der Waals surface area contributed by atoms with Gasteiger partial charge in [-0.05, 0) is 30.3 Å². The lowest BCUT2D eigenvalue weighted by molar-refractivity contribution is 0.102. The van der Waals surface area contributed by atoms with E-state index in [-0.39, 0.29) is 11.5 Å². The van der Waals surface area contributed by atoms with Gasteiger partial charge in [0.15, 0.2) is 0 Å². The van der Waals surface area contributed by atoms with Crippen molar-refractivity contribution in [2.45, 2.75) is 0 Å². The number of nitrogens with zero attached hydrogens (tertiary/aromatic N) is 1. The maximum atomic E-state index is 12.3. The van der Waals surface area contributed by atoms with Crippen molar-refractivity contribution in [3.63, 3.8) is 0 Å². The first-order valence-electron chi connectivity index (χ1n) is 6.85. The third-order valence-electron chi connectivity index (χ3n) is 3.21. The quantitative estimate of drug-likeness (QED) is 0.775. The van der Waals surface area contributed by atoms with Crippen molar-refractivity contribution in [2.75, 3.05) is 5.32 Å². The summed E-state index contributed by atoms with van der Waals surface area (Å²) in [4.78, 5) is 23.3. The van der Waals surface area contributed by atoms with Gasteiger partial charge in [0.25, 0.3) is 11.5 Å². The molecule has 2 aromatic carbocycles. The average Bonchev–Trinajstić information content (AvgIpc) is 2.56. The number of halogens is 1. The molecule has 114 valence electrons. The van der Waals surface area contributed by atoms with Crippen LogP contribution in [0.15, 0.2) is 65.5 Å². The summed E-state index contributed by atoms with van der Waals surface area (Å²) in [5.41, 5.74) is 2.13. The van der Waals surface area contributed by atoms with Crippen molar-refractivity contribution in [1.82, 2.24) is 10.2 Å². The molecule has 0 atom stereocenters.